The first-order valence-corrected chi connectivity index (χ1v) is 6.97. The average molecular weight is 356 g/mol. The highest BCUT2D eigenvalue weighted by atomic mass is 79.9. The van der Waals surface area contributed by atoms with E-state index in [2.05, 4.69) is 31.2 Å². The number of nitrogens with one attached hydrogen (secondary N) is 1. The van der Waals surface area contributed by atoms with Crippen molar-refractivity contribution in [3.63, 3.8) is 0 Å². The third kappa shape index (κ3) is 3.30. The monoisotopic (exact) mass is 355 g/mol. The highest BCUT2D eigenvalue weighted by Crippen LogP contribution is 2.30. The first kappa shape index (κ1) is 15.7. The highest BCUT2D eigenvalue weighted by Gasteiger charge is 2.23. The molecule has 1 aromatic heterocycles. The summed E-state index contributed by atoms with van der Waals surface area (Å²) < 4.78 is 25.1. The van der Waals surface area contributed by atoms with Crippen LogP contribution in [0.25, 0.3) is 0 Å². The van der Waals surface area contributed by atoms with E-state index in [4.69, 9.17) is 9.47 Å². The molecule has 0 saturated heterocycles. The van der Waals surface area contributed by atoms with E-state index in [0.717, 1.165) is 0 Å². The molecule has 112 valence electrons. The molecule has 0 fully saturated rings. The minimum Gasteiger partial charge on any atom is -0.480 e. The second-order valence-electron chi connectivity index (χ2n) is 4.19. The number of halogens is 2. The van der Waals surface area contributed by atoms with Crippen LogP contribution in [0.2, 0.25) is 0 Å². The number of aromatic nitrogens is 2. The minimum atomic E-state index is -0.480. The van der Waals surface area contributed by atoms with Crippen molar-refractivity contribution in [2.45, 2.75) is 6.04 Å². The number of hydrogen-bond acceptors (Lipinski definition) is 5. The summed E-state index contributed by atoms with van der Waals surface area (Å²) in [6.45, 7) is 0. The second kappa shape index (κ2) is 6.82. The van der Waals surface area contributed by atoms with Gasteiger partial charge in [-0.05, 0) is 19.2 Å². The minimum absolute atomic E-state index is 0.288. The van der Waals surface area contributed by atoms with Crippen LogP contribution in [0.4, 0.5) is 4.39 Å². The Labute approximate surface area is 130 Å². The van der Waals surface area contributed by atoms with Crippen LogP contribution in [-0.4, -0.2) is 31.2 Å². The van der Waals surface area contributed by atoms with E-state index >= 15 is 0 Å². The Kier molecular flexibility index (Phi) is 5.08. The maximum absolute atomic E-state index is 14.2. The van der Waals surface area contributed by atoms with Crippen molar-refractivity contribution in [1.82, 2.24) is 15.3 Å². The van der Waals surface area contributed by atoms with Crippen molar-refractivity contribution in [1.29, 1.82) is 0 Å². The molecule has 1 N–H and O–H groups in total. The molecule has 1 atom stereocenters. The Hall–Kier alpha value is -1.73. The quantitative estimate of drug-likeness (QED) is 0.893. The van der Waals surface area contributed by atoms with Crippen molar-refractivity contribution in [3.05, 3.63) is 45.9 Å². The van der Waals surface area contributed by atoms with Crippen molar-refractivity contribution in [2.75, 3.05) is 21.3 Å². The molecule has 5 nitrogen and oxygen atoms in total. The van der Waals surface area contributed by atoms with Gasteiger partial charge in [-0.3, -0.25) is 0 Å². The summed E-state index contributed by atoms with van der Waals surface area (Å²) in [6, 6.07) is 4.38. The summed E-state index contributed by atoms with van der Waals surface area (Å²) in [6.07, 6.45) is 1.47. The Bertz CT molecular complexity index is 640. The van der Waals surface area contributed by atoms with Gasteiger partial charge in [-0.2, -0.15) is 4.98 Å². The van der Waals surface area contributed by atoms with Gasteiger partial charge in [0.05, 0.1) is 26.5 Å². The van der Waals surface area contributed by atoms with E-state index < -0.39 is 6.04 Å². The summed E-state index contributed by atoms with van der Waals surface area (Å²) >= 11 is 3.24. The predicted molar refractivity (Wildman–Crippen MR) is 80.1 cm³/mol. The lowest BCUT2D eigenvalue weighted by molar-refractivity contribution is 0.353. The Balaban J connectivity index is 2.50. The van der Waals surface area contributed by atoms with Gasteiger partial charge in [0.25, 0.3) is 0 Å². The standard InChI is InChI=1S/C14H15BrFN3O2/c1-17-12(9-5-4-8(15)6-10(9)16)13-14(21-3)19-11(20-2)7-18-13/h4-7,12,17H,1-3H3. The lowest BCUT2D eigenvalue weighted by Crippen LogP contribution is -2.21. The smallest absolute Gasteiger partial charge is 0.240 e. The van der Waals surface area contributed by atoms with Crippen LogP contribution in [0.15, 0.2) is 28.9 Å². The summed E-state index contributed by atoms with van der Waals surface area (Å²) in [5.74, 6) is 0.279. The van der Waals surface area contributed by atoms with Gasteiger partial charge in [-0.25, -0.2) is 9.37 Å². The molecule has 21 heavy (non-hydrogen) atoms. The van der Waals surface area contributed by atoms with Crippen molar-refractivity contribution in [2.24, 2.45) is 0 Å². The molecule has 0 aliphatic heterocycles. The normalized spacial score (nSPS) is 12.0. The van der Waals surface area contributed by atoms with E-state index in [-0.39, 0.29) is 11.7 Å². The molecule has 1 heterocycles. The first-order valence-electron chi connectivity index (χ1n) is 6.17. The fourth-order valence-corrected chi connectivity index (χ4v) is 2.32. The van der Waals surface area contributed by atoms with Gasteiger partial charge in [0.2, 0.25) is 11.8 Å². The summed E-state index contributed by atoms with van der Waals surface area (Å²) in [7, 11) is 4.70. The molecule has 0 radical (unpaired) electrons. The van der Waals surface area contributed by atoms with E-state index in [1.165, 1.54) is 26.5 Å². The molecule has 2 rings (SSSR count). The zero-order chi connectivity index (χ0) is 15.4. The van der Waals surface area contributed by atoms with Crippen molar-refractivity contribution < 1.29 is 13.9 Å². The molecule has 0 saturated carbocycles. The SMILES string of the molecule is CNC(c1ccc(Br)cc1F)c1ncc(OC)nc1OC. The van der Waals surface area contributed by atoms with Gasteiger partial charge < -0.3 is 14.8 Å². The fourth-order valence-electron chi connectivity index (χ4n) is 1.99. The maximum atomic E-state index is 14.2. The number of methoxy groups -OCH3 is 2. The van der Waals surface area contributed by atoms with Gasteiger partial charge in [-0.15, -0.1) is 0 Å². The molecule has 0 amide bonds. The second-order valence-corrected chi connectivity index (χ2v) is 5.11. The Morgan fingerprint density at radius 2 is 2.05 bits per heavy atom. The summed E-state index contributed by atoms with van der Waals surface area (Å²) in [4.78, 5) is 8.45. The Morgan fingerprint density at radius 1 is 1.29 bits per heavy atom. The number of ether oxygens (including phenoxy) is 2. The van der Waals surface area contributed by atoms with E-state index in [1.807, 2.05) is 0 Å². The lowest BCUT2D eigenvalue weighted by atomic mass is 10.0. The summed E-state index contributed by atoms with van der Waals surface area (Å²) in [5, 5.41) is 3.03. The third-order valence-corrected chi connectivity index (χ3v) is 3.48. The molecule has 0 spiro atoms. The Morgan fingerprint density at radius 3 is 2.62 bits per heavy atom. The van der Waals surface area contributed by atoms with Gasteiger partial charge >= 0.3 is 0 Å². The molecule has 2 aromatic rings. The lowest BCUT2D eigenvalue weighted by Gasteiger charge is -2.19. The van der Waals surface area contributed by atoms with Crippen LogP contribution in [0.1, 0.15) is 17.3 Å². The largest absolute Gasteiger partial charge is 0.480 e. The van der Waals surface area contributed by atoms with Crippen LogP contribution in [0.3, 0.4) is 0 Å². The van der Waals surface area contributed by atoms with Crippen LogP contribution >= 0.6 is 15.9 Å². The van der Waals surface area contributed by atoms with Crippen molar-refractivity contribution >= 4 is 15.9 Å². The predicted octanol–water partition coefficient (Wildman–Crippen LogP) is 2.70. The fraction of sp³-hybridized carbons (Fsp3) is 0.286. The first-order chi connectivity index (χ1) is 10.1. The number of nitrogens with zero attached hydrogens (tertiary/aromatic N) is 2. The molecule has 7 heteroatoms. The summed E-state index contributed by atoms with van der Waals surface area (Å²) in [5.41, 5.74) is 0.945. The van der Waals surface area contributed by atoms with Crippen LogP contribution in [0, 0.1) is 5.82 Å². The van der Waals surface area contributed by atoms with Crippen LogP contribution in [0.5, 0.6) is 11.8 Å². The van der Waals surface area contributed by atoms with Crippen LogP contribution in [-0.2, 0) is 0 Å². The van der Waals surface area contributed by atoms with E-state index in [0.29, 0.717) is 21.6 Å². The molecule has 0 aliphatic rings. The topological polar surface area (TPSA) is 56.3 Å². The van der Waals surface area contributed by atoms with E-state index in [1.54, 1.807) is 19.2 Å². The van der Waals surface area contributed by atoms with Gasteiger partial charge in [0, 0.05) is 10.0 Å². The van der Waals surface area contributed by atoms with E-state index in [9.17, 15) is 4.39 Å². The molecule has 1 unspecified atom stereocenters. The number of hydrogen-bond donors (Lipinski definition) is 1. The zero-order valence-corrected chi connectivity index (χ0v) is 13.4. The molecular formula is C14H15BrFN3O2. The zero-order valence-electron chi connectivity index (χ0n) is 11.9. The number of benzene rings is 1. The highest BCUT2D eigenvalue weighted by molar-refractivity contribution is 9.10. The van der Waals surface area contributed by atoms with Crippen LogP contribution < -0.4 is 14.8 Å². The number of rotatable bonds is 5. The maximum Gasteiger partial charge on any atom is 0.240 e. The van der Waals surface area contributed by atoms with Gasteiger partial charge in [0.15, 0.2) is 0 Å². The average Bonchev–Trinajstić information content (AvgIpc) is 2.50. The van der Waals surface area contributed by atoms with Gasteiger partial charge in [0.1, 0.15) is 11.5 Å². The van der Waals surface area contributed by atoms with Crippen molar-refractivity contribution in [3.8, 4) is 11.8 Å². The molecule has 1 aromatic carbocycles. The molecular weight excluding hydrogens is 341 g/mol. The molecule has 0 bridgehead atoms. The molecule has 0 aliphatic carbocycles. The third-order valence-electron chi connectivity index (χ3n) is 2.98. The van der Waals surface area contributed by atoms with Gasteiger partial charge in [-0.1, -0.05) is 22.0 Å².